The molecule has 19 heavy (non-hydrogen) atoms. The number of hydrogen-bond donors (Lipinski definition) is 1. The van der Waals surface area contributed by atoms with E-state index in [4.69, 9.17) is 0 Å². The topological polar surface area (TPSA) is 15.3 Å². The van der Waals surface area contributed by atoms with Gasteiger partial charge >= 0.3 is 0 Å². The number of rotatable bonds is 6. The van der Waals surface area contributed by atoms with Crippen LogP contribution in [0, 0.1) is 11.8 Å². The summed E-state index contributed by atoms with van der Waals surface area (Å²) in [6.45, 7) is 13.3. The minimum Gasteiger partial charge on any atom is -0.308 e. The van der Waals surface area contributed by atoms with Crippen molar-refractivity contribution in [3.8, 4) is 0 Å². The maximum Gasteiger partial charge on any atom is 0.0304 e. The van der Waals surface area contributed by atoms with Gasteiger partial charge < -0.3 is 5.32 Å². The molecule has 0 spiro atoms. The first kappa shape index (κ1) is 15.3. The van der Waals surface area contributed by atoms with Crippen LogP contribution in [-0.2, 0) is 0 Å². The van der Waals surface area contributed by atoms with Crippen molar-refractivity contribution >= 4 is 0 Å². The average molecular weight is 266 g/mol. The average Bonchev–Trinajstić information content (AvgIpc) is 2.35. The van der Waals surface area contributed by atoms with Gasteiger partial charge in [0, 0.05) is 31.2 Å². The molecule has 1 aliphatic carbocycles. The minimum atomic E-state index is 0.386. The van der Waals surface area contributed by atoms with E-state index in [1.165, 1.54) is 58.2 Å². The van der Waals surface area contributed by atoms with Crippen LogP contribution in [0.2, 0.25) is 0 Å². The van der Waals surface area contributed by atoms with E-state index < -0.39 is 0 Å². The van der Waals surface area contributed by atoms with Crippen molar-refractivity contribution in [1.29, 1.82) is 0 Å². The first-order valence-corrected chi connectivity index (χ1v) is 8.57. The normalized spacial score (nSPS) is 28.6. The molecule has 1 aliphatic heterocycles. The lowest BCUT2D eigenvalue weighted by Crippen LogP contribution is -2.64. The Balaban J connectivity index is 1.99. The second kappa shape index (κ2) is 6.58. The van der Waals surface area contributed by atoms with Crippen molar-refractivity contribution in [3.63, 3.8) is 0 Å². The number of hydrogen-bond acceptors (Lipinski definition) is 2. The summed E-state index contributed by atoms with van der Waals surface area (Å²) in [6.07, 6.45) is 8.30. The number of piperazine rings is 1. The number of nitrogens with zero attached hydrogens (tertiary/aromatic N) is 1. The maximum absolute atomic E-state index is 3.89. The van der Waals surface area contributed by atoms with Crippen LogP contribution in [0.5, 0.6) is 0 Å². The zero-order valence-corrected chi connectivity index (χ0v) is 13.5. The molecule has 2 nitrogen and oxygen atoms in total. The van der Waals surface area contributed by atoms with Gasteiger partial charge in [0.2, 0.25) is 0 Å². The lowest BCUT2D eigenvalue weighted by Gasteiger charge is -2.49. The Kier molecular flexibility index (Phi) is 5.30. The highest BCUT2D eigenvalue weighted by Gasteiger charge is 2.38. The van der Waals surface area contributed by atoms with Crippen molar-refractivity contribution in [2.75, 3.05) is 19.6 Å². The van der Waals surface area contributed by atoms with Crippen molar-refractivity contribution in [3.05, 3.63) is 0 Å². The highest BCUT2D eigenvalue weighted by molar-refractivity contribution is 4.97. The molecule has 0 amide bonds. The van der Waals surface area contributed by atoms with E-state index in [-0.39, 0.29) is 0 Å². The van der Waals surface area contributed by atoms with Gasteiger partial charge in [-0.25, -0.2) is 0 Å². The molecule has 2 rings (SSSR count). The first-order chi connectivity index (χ1) is 9.08. The lowest BCUT2D eigenvalue weighted by molar-refractivity contribution is 0.0380. The van der Waals surface area contributed by atoms with Crippen LogP contribution in [0.25, 0.3) is 0 Å². The molecule has 2 aliphatic rings. The van der Waals surface area contributed by atoms with Crippen molar-refractivity contribution < 1.29 is 0 Å². The summed E-state index contributed by atoms with van der Waals surface area (Å²) in [7, 11) is 0. The summed E-state index contributed by atoms with van der Waals surface area (Å²) < 4.78 is 0. The van der Waals surface area contributed by atoms with E-state index in [0.717, 1.165) is 17.9 Å². The van der Waals surface area contributed by atoms with Crippen LogP contribution in [-0.4, -0.2) is 36.1 Å². The van der Waals surface area contributed by atoms with Gasteiger partial charge in [0.05, 0.1) is 0 Å². The Morgan fingerprint density at radius 2 is 1.89 bits per heavy atom. The van der Waals surface area contributed by atoms with Crippen LogP contribution < -0.4 is 5.32 Å². The number of nitrogens with one attached hydrogen (secondary N) is 1. The molecule has 0 aromatic rings. The Hall–Kier alpha value is -0.0800. The zero-order chi connectivity index (χ0) is 13.9. The molecule has 0 radical (unpaired) electrons. The standard InChI is InChI=1S/C17H34N2/c1-5-17(6-2)13-19(12-15-8-7-9-15)16(11-18-17)10-14(3)4/h14-16,18H,5-13H2,1-4H3. The smallest absolute Gasteiger partial charge is 0.0304 e. The van der Waals surface area contributed by atoms with E-state index in [1.54, 1.807) is 0 Å². The monoisotopic (exact) mass is 266 g/mol. The lowest BCUT2D eigenvalue weighted by atomic mass is 9.82. The van der Waals surface area contributed by atoms with Gasteiger partial charge in [-0.05, 0) is 43.9 Å². The van der Waals surface area contributed by atoms with E-state index >= 15 is 0 Å². The third-order valence-electron chi connectivity index (χ3n) is 5.55. The highest BCUT2D eigenvalue weighted by atomic mass is 15.3. The predicted molar refractivity (Wildman–Crippen MR) is 83.5 cm³/mol. The van der Waals surface area contributed by atoms with Crippen LogP contribution in [0.15, 0.2) is 0 Å². The van der Waals surface area contributed by atoms with Crippen LogP contribution in [0.4, 0.5) is 0 Å². The fraction of sp³-hybridized carbons (Fsp3) is 1.00. The largest absolute Gasteiger partial charge is 0.308 e. The summed E-state index contributed by atoms with van der Waals surface area (Å²) in [5.74, 6) is 1.81. The molecule has 2 fully saturated rings. The second-order valence-corrected chi connectivity index (χ2v) is 7.38. The summed E-state index contributed by atoms with van der Waals surface area (Å²) in [5, 5.41) is 3.89. The van der Waals surface area contributed by atoms with E-state index in [0.29, 0.717) is 5.54 Å². The van der Waals surface area contributed by atoms with E-state index in [2.05, 4.69) is 37.9 Å². The van der Waals surface area contributed by atoms with Gasteiger partial charge in [0.1, 0.15) is 0 Å². The SMILES string of the molecule is CCC1(CC)CN(CC2CCC2)C(CC(C)C)CN1. The molecule has 1 heterocycles. The molecular formula is C17H34N2. The molecule has 1 N–H and O–H groups in total. The molecule has 1 atom stereocenters. The van der Waals surface area contributed by atoms with Crippen LogP contribution in [0.1, 0.15) is 66.2 Å². The Labute approximate surface area is 120 Å². The molecule has 1 saturated carbocycles. The predicted octanol–water partition coefficient (Wildman–Crippen LogP) is 3.67. The molecule has 112 valence electrons. The summed E-state index contributed by atoms with van der Waals surface area (Å²) in [6, 6.07) is 0.770. The first-order valence-electron chi connectivity index (χ1n) is 8.57. The van der Waals surface area contributed by atoms with Crippen LogP contribution >= 0.6 is 0 Å². The van der Waals surface area contributed by atoms with Crippen LogP contribution in [0.3, 0.4) is 0 Å². The van der Waals surface area contributed by atoms with Gasteiger partial charge in [-0.15, -0.1) is 0 Å². The third kappa shape index (κ3) is 3.72. The summed E-state index contributed by atoms with van der Waals surface area (Å²) in [5.41, 5.74) is 0.386. The van der Waals surface area contributed by atoms with E-state index in [9.17, 15) is 0 Å². The van der Waals surface area contributed by atoms with Gasteiger partial charge in [0.15, 0.2) is 0 Å². The van der Waals surface area contributed by atoms with Crippen molar-refractivity contribution in [2.45, 2.75) is 77.8 Å². The fourth-order valence-electron chi connectivity index (χ4n) is 3.76. The third-order valence-corrected chi connectivity index (χ3v) is 5.55. The molecule has 1 saturated heterocycles. The zero-order valence-electron chi connectivity index (χ0n) is 13.5. The fourth-order valence-corrected chi connectivity index (χ4v) is 3.76. The van der Waals surface area contributed by atoms with Gasteiger partial charge in [0.25, 0.3) is 0 Å². The Bertz CT molecular complexity index is 266. The highest BCUT2D eigenvalue weighted by Crippen LogP contribution is 2.31. The van der Waals surface area contributed by atoms with Crippen molar-refractivity contribution in [1.82, 2.24) is 10.2 Å². The van der Waals surface area contributed by atoms with E-state index in [1.807, 2.05) is 0 Å². The summed E-state index contributed by atoms with van der Waals surface area (Å²) >= 11 is 0. The molecular weight excluding hydrogens is 232 g/mol. The molecule has 1 unspecified atom stereocenters. The molecule has 2 heteroatoms. The maximum atomic E-state index is 3.89. The molecule has 0 aromatic carbocycles. The Morgan fingerprint density at radius 3 is 2.37 bits per heavy atom. The van der Waals surface area contributed by atoms with Gasteiger partial charge in [-0.3, -0.25) is 4.90 Å². The second-order valence-electron chi connectivity index (χ2n) is 7.38. The quantitative estimate of drug-likeness (QED) is 0.789. The van der Waals surface area contributed by atoms with Gasteiger partial charge in [-0.1, -0.05) is 34.1 Å². The molecule has 0 aromatic heterocycles. The minimum absolute atomic E-state index is 0.386. The summed E-state index contributed by atoms with van der Waals surface area (Å²) in [4.78, 5) is 2.84. The molecule has 0 bridgehead atoms. The van der Waals surface area contributed by atoms with Crippen molar-refractivity contribution in [2.24, 2.45) is 11.8 Å². The Morgan fingerprint density at radius 1 is 1.21 bits per heavy atom. The van der Waals surface area contributed by atoms with Gasteiger partial charge in [-0.2, -0.15) is 0 Å².